The minimum Gasteiger partial charge on any atom is -0.371 e. The molecule has 0 aromatic rings. The number of nitrogens with one attached hydrogen (secondary N) is 1. The largest absolute Gasteiger partial charge is 0.371 e. The van der Waals surface area contributed by atoms with Gasteiger partial charge in [-0.2, -0.15) is 0 Å². The molecule has 2 atom stereocenters. The molecule has 0 heterocycles. The van der Waals surface area contributed by atoms with E-state index in [0.29, 0.717) is 6.42 Å². The molecule has 0 spiro atoms. The van der Waals surface area contributed by atoms with Gasteiger partial charge in [0.1, 0.15) is 6.10 Å². The van der Waals surface area contributed by atoms with Gasteiger partial charge in [-0.15, -0.1) is 0 Å². The van der Waals surface area contributed by atoms with E-state index in [9.17, 15) is 9.59 Å². The Labute approximate surface area is 88.7 Å². The molecule has 0 fully saturated rings. The predicted molar refractivity (Wildman–Crippen MR) is 52.9 cm³/mol. The number of primary amides is 1. The molecular weight excluding hydrogens is 200 g/mol. The van der Waals surface area contributed by atoms with E-state index in [1.54, 1.807) is 0 Å². The molecule has 0 aromatic heterocycles. The fraction of sp³-hybridized carbons (Fsp3) is 0.778. The highest BCUT2D eigenvalue weighted by atomic mass is 16.5. The topological polar surface area (TPSA) is 102 Å². The second kappa shape index (κ2) is 6.36. The first-order chi connectivity index (χ1) is 6.93. The van der Waals surface area contributed by atoms with E-state index in [-0.39, 0.29) is 5.92 Å². The standard InChI is InChI=1S/C9H18N2O4/c1-5(2)4-6(9(13)11-14)7(15-3)8(10)12/h5-7,14H,4H2,1-3H3,(H2,10,12)(H,11,13)/t6-,7+/m1/s1. The molecule has 0 saturated carbocycles. The zero-order valence-electron chi connectivity index (χ0n) is 9.19. The number of carbonyl (C=O) groups excluding carboxylic acids is 2. The highest BCUT2D eigenvalue weighted by Gasteiger charge is 2.32. The van der Waals surface area contributed by atoms with Crippen LogP contribution in [0.2, 0.25) is 0 Å². The summed E-state index contributed by atoms with van der Waals surface area (Å²) in [4.78, 5) is 22.3. The Morgan fingerprint density at radius 2 is 2.00 bits per heavy atom. The lowest BCUT2D eigenvalue weighted by molar-refractivity contribution is -0.146. The van der Waals surface area contributed by atoms with Crippen LogP contribution in [0.3, 0.4) is 0 Å². The van der Waals surface area contributed by atoms with E-state index in [0.717, 1.165) is 0 Å². The number of amides is 2. The maximum Gasteiger partial charge on any atom is 0.249 e. The first-order valence-electron chi connectivity index (χ1n) is 4.70. The molecular formula is C9H18N2O4. The molecule has 0 aliphatic rings. The van der Waals surface area contributed by atoms with Gasteiger partial charge in [-0.05, 0) is 12.3 Å². The van der Waals surface area contributed by atoms with Crippen LogP contribution in [-0.4, -0.2) is 30.2 Å². The number of hydrogen-bond acceptors (Lipinski definition) is 4. The summed E-state index contributed by atoms with van der Waals surface area (Å²) in [6.07, 6.45) is -0.604. The molecule has 88 valence electrons. The van der Waals surface area contributed by atoms with Crippen molar-refractivity contribution in [3.8, 4) is 0 Å². The zero-order chi connectivity index (χ0) is 12.0. The van der Waals surface area contributed by atoms with E-state index in [1.165, 1.54) is 12.6 Å². The van der Waals surface area contributed by atoms with Crippen molar-refractivity contribution in [3.05, 3.63) is 0 Å². The lowest BCUT2D eigenvalue weighted by Crippen LogP contribution is -2.44. The highest BCUT2D eigenvalue weighted by molar-refractivity contribution is 5.88. The summed E-state index contributed by atoms with van der Waals surface area (Å²) in [5, 5.41) is 8.54. The third-order valence-electron chi connectivity index (χ3n) is 2.07. The Balaban J connectivity index is 4.73. The summed E-state index contributed by atoms with van der Waals surface area (Å²) in [5.41, 5.74) is 6.60. The zero-order valence-corrected chi connectivity index (χ0v) is 9.19. The molecule has 6 nitrogen and oxygen atoms in total. The summed E-state index contributed by atoms with van der Waals surface area (Å²) in [6, 6.07) is 0. The van der Waals surface area contributed by atoms with Crippen LogP contribution in [0, 0.1) is 11.8 Å². The monoisotopic (exact) mass is 218 g/mol. The lowest BCUT2D eigenvalue weighted by atomic mass is 9.91. The van der Waals surface area contributed by atoms with Gasteiger partial charge in [0, 0.05) is 7.11 Å². The Kier molecular flexibility index (Phi) is 5.88. The maximum absolute atomic E-state index is 11.3. The minimum atomic E-state index is -1.01. The van der Waals surface area contributed by atoms with Crippen LogP contribution in [0.5, 0.6) is 0 Å². The average Bonchev–Trinajstić information content (AvgIpc) is 2.15. The SMILES string of the molecule is CO[C@H](C(N)=O)[C@@H](CC(C)C)C(=O)NO. The molecule has 4 N–H and O–H groups in total. The normalized spacial score (nSPS) is 14.7. The van der Waals surface area contributed by atoms with Crippen LogP contribution in [-0.2, 0) is 14.3 Å². The van der Waals surface area contributed by atoms with Crippen LogP contribution < -0.4 is 11.2 Å². The lowest BCUT2D eigenvalue weighted by Gasteiger charge is -2.22. The second-order valence-electron chi connectivity index (χ2n) is 3.77. The molecule has 0 saturated heterocycles. The van der Waals surface area contributed by atoms with Crippen molar-refractivity contribution in [1.82, 2.24) is 5.48 Å². The van der Waals surface area contributed by atoms with Gasteiger partial charge in [0.05, 0.1) is 5.92 Å². The molecule has 0 aliphatic heterocycles. The number of ether oxygens (including phenoxy) is 1. The molecule has 0 unspecified atom stereocenters. The van der Waals surface area contributed by atoms with Gasteiger partial charge in [0.15, 0.2) is 0 Å². The van der Waals surface area contributed by atoms with Crippen LogP contribution in [0.4, 0.5) is 0 Å². The minimum absolute atomic E-state index is 0.185. The molecule has 0 radical (unpaired) electrons. The molecule has 15 heavy (non-hydrogen) atoms. The Morgan fingerprint density at radius 3 is 2.27 bits per heavy atom. The highest BCUT2D eigenvalue weighted by Crippen LogP contribution is 2.17. The van der Waals surface area contributed by atoms with Crippen molar-refractivity contribution < 1.29 is 19.5 Å². The van der Waals surface area contributed by atoms with Crippen LogP contribution in [0.25, 0.3) is 0 Å². The third-order valence-corrected chi connectivity index (χ3v) is 2.07. The van der Waals surface area contributed by atoms with Gasteiger partial charge < -0.3 is 10.5 Å². The quantitative estimate of drug-likeness (QED) is 0.419. The maximum atomic E-state index is 11.3. The van der Waals surface area contributed by atoms with E-state index in [4.69, 9.17) is 15.7 Å². The fourth-order valence-corrected chi connectivity index (χ4v) is 1.44. The summed E-state index contributed by atoms with van der Waals surface area (Å²) in [7, 11) is 1.30. The smallest absolute Gasteiger partial charge is 0.249 e. The van der Waals surface area contributed by atoms with Gasteiger partial charge in [-0.25, -0.2) is 5.48 Å². The van der Waals surface area contributed by atoms with Gasteiger partial charge in [-0.3, -0.25) is 14.8 Å². The molecule has 2 amide bonds. The summed E-state index contributed by atoms with van der Waals surface area (Å²) < 4.78 is 4.85. The van der Waals surface area contributed by atoms with Gasteiger partial charge in [-0.1, -0.05) is 13.8 Å². The predicted octanol–water partition coefficient (Wildman–Crippen LogP) is -0.346. The van der Waals surface area contributed by atoms with Crippen molar-refractivity contribution in [1.29, 1.82) is 0 Å². The van der Waals surface area contributed by atoms with Gasteiger partial charge in [0.25, 0.3) is 0 Å². The van der Waals surface area contributed by atoms with E-state index < -0.39 is 23.8 Å². The Bertz CT molecular complexity index is 230. The van der Waals surface area contributed by atoms with Crippen molar-refractivity contribution in [2.24, 2.45) is 17.6 Å². The number of carbonyl (C=O) groups is 2. The summed E-state index contributed by atoms with van der Waals surface area (Å²) in [5.74, 6) is -1.96. The number of hydrogen-bond donors (Lipinski definition) is 3. The van der Waals surface area contributed by atoms with E-state index >= 15 is 0 Å². The van der Waals surface area contributed by atoms with Crippen LogP contribution in [0.1, 0.15) is 20.3 Å². The Hall–Kier alpha value is -1.14. The number of hydroxylamine groups is 1. The van der Waals surface area contributed by atoms with Gasteiger partial charge >= 0.3 is 0 Å². The molecule has 6 heteroatoms. The average molecular weight is 218 g/mol. The van der Waals surface area contributed by atoms with Gasteiger partial charge in [0.2, 0.25) is 11.8 Å². The van der Waals surface area contributed by atoms with Crippen LogP contribution >= 0.6 is 0 Å². The number of nitrogens with two attached hydrogens (primary N) is 1. The van der Waals surface area contributed by atoms with Crippen molar-refractivity contribution >= 4 is 11.8 Å². The molecule has 0 aromatic carbocycles. The van der Waals surface area contributed by atoms with Crippen molar-refractivity contribution in [2.75, 3.05) is 7.11 Å². The summed E-state index contributed by atoms with van der Waals surface area (Å²) >= 11 is 0. The second-order valence-corrected chi connectivity index (χ2v) is 3.77. The first-order valence-corrected chi connectivity index (χ1v) is 4.70. The number of methoxy groups -OCH3 is 1. The third kappa shape index (κ3) is 4.26. The fourth-order valence-electron chi connectivity index (χ4n) is 1.44. The van der Waals surface area contributed by atoms with Crippen molar-refractivity contribution in [2.45, 2.75) is 26.4 Å². The van der Waals surface area contributed by atoms with E-state index in [1.807, 2.05) is 13.8 Å². The van der Waals surface area contributed by atoms with E-state index in [2.05, 4.69) is 0 Å². The summed E-state index contributed by atoms with van der Waals surface area (Å²) in [6.45, 7) is 3.79. The van der Waals surface area contributed by atoms with Crippen LogP contribution in [0.15, 0.2) is 0 Å². The molecule has 0 rings (SSSR count). The van der Waals surface area contributed by atoms with Crippen molar-refractivity contribution in [3.63, 3.8) is 0 Å². The molecule has 0 aliphatic carbocycles. The first kappa shape index (κ1) is 13.9. The Morgan fingerprint density at radius 1 is 1.47 bits per heavy atom. The molecule has 0 bridgehead atoms. The number of rotatable bonds is 6.